The maximum atomic E-state index is 13.3. The number of aromatic hydroxyl groups is 1. The molecule has 4 aliphatic rings. The van der Waals surface area contributed by atoms with Crippen molar-refractivity contribution in [1.29, 1.82) is 0 Å². The van der Waals surface area contributed by atoms with Crippen molar-refractivity contribution in [2.45, 2.75) is 35.4 Å². The van der Waals surface area contributed by atoms with Crippen molar-refractivity contribution in [1.82, 2.24) is 9.80 Å². The molecule has 2 saturated heterocycles. The largest absolute Gasteiger partial charge is 0.508 e. The van der Waals surface area contributed by atoms with Crippen LogP contribution in [0.4, 0.5) is 0 Å². The first-order valence-corrected chi connectivity index (χ1v) is 11.4. The van der Waals surface area contributed by atoms with Gasteiger partial charge >= 0.3 is 0 Å². The molecule has 2 heterocycles. The molecule has 2 aliphatic heterocycles. The van der Waals surface area contributed by atoms with Crippen LogP contribution in [0.25, 0.3) is 0 Å². The van der Waals surface area contributed by atoms with Gasteiger partial charge in [0.2, 0.25) is 11.8 Å². The lowest BCUT2D eigenvalue weighted by atomic mass is 9.56. The number of hydrogen-bond donors (Lipinski definition) is 1. The van der Waals surface area contributed by atoms with Crippen LogP contribution in [0.2, 0.25) is 0 Å². The monoisotopic (exact) mass is 476 g/mol. The van der Waals surface area contributed by atoms with Crippen molar-refractivity contribution in [3.63, 3.8) is 0 Å². The lowest BCUT2D eigenvalue weighted by Gasteiger charge is -2.50. The molecule has 2 aliphatic carbocycles. The fourth-order valence-electron chi connectivity index (χ4n) is 6.20. The molecule has 0 bridgehead atoms. The summed E-state index contributed by atoms with van der Waals surface area (Å²) in [6, 6.07) is 6.34. The van der Waals surface area contributed by atoms with Gasteiger partial charge in [-0.05, 0) is 43.4 Å². The number of phenols is 1. The quantitative estimate of drug-likeness (QED) is 0.401. The van der Waals surface area contributed by atoms with Gasteiger partial charge in [0.05, 0.1) is 11.8 Å². The second kappa shape index (κ2) is 6.81. The van der Waals surface area contributed by atoms with Gasteiger partial charge in [-0.25, -0.2) is 0 Å². The number of likely N-dealkylation sites (tertiary alicyclic amines) is 2. The van der Waals surface area contributed by atoms with Crippen LogP contribution in [0.3, 0.4) is 0 Å². The Balaban J connectivity index is 1.74. The Bertz CT molecular complexity index is 1120. The van der Waals surface area contributed by atoms with Crippen LogP contribution >= 0.6 is 23.2 Å². The summed E-state index contributed by atoms with van der Waals surface area (Å²) in [5.41, 5.74) is 1.25. The van der Waals surface area contributed by atoms with Gasteiger partial charge in [-0.3, -0.25) is 29.0 Å². The Morgan fingerprint density at radius 2 is 1.81 bits per heavy atom. The van der Waals surface area contributed by atoms with Crippen LogP contribution in [-0.4, -0.2) is 61.9 Å². The van der Waals surface area contributed by atoms with E-state index in [2.05, 4.69) is 0 Å². The lowest BCUT2D eigenvalue weighted by molar-refractivity contribution is -0.141. The van der Waals surface area contributed by atoms with Gasteiger partial charge in [-0.2, -0.15) is 0 Å². The third-order valence-electron chi connectivity index (χ3n) is 7.63. The third kappa shape index (κ3) is 2.38. The smallest absolute Gasteiger partial charge is 0.253 e. The summed E-state index contributed by atoms with van der Waals surface area (Å²) in [6.45, 7) is 2.02. The van der Waals surface area contributed by atoms with Crippen LogP contribution in [0.15, 0.2) is 35.9 Å². The van der Waals surface area contributed by atoms with Crippen LogP contribution in [0.5, 0.6) is 5.75 Å². The summed E-state index contributed by atoms with van der Waals surface area (Å²) in [4.78, 5) is 51.2. The first-order chi connectivity index (χ1) is 15.1. The number of benzene rings is 1. The van der Waals surface area contributed by atoms with E-state index in [1.165, 1.54) is 24.1 Å². The van der Waals surface area contributed by atoms with Crippen molar-refractivity contribution in [3.05, 3.63) is 41.5 Å². The highest BCUT2D eigenvalue weighted by Crippen LogP contribution is 2.65. The zero-order valence-corrected chi connectivity index (χ0v) is 19.1. The minimum absolute atomic E-state index is 0.0197. The Hall–Kier alpha value is -2.38. The molecular weight excluding hydrogens is 455 g/mol. The fourth-order valence-corrected chi connectivity index (χ4v) is 7.22. The summed E-state index contributed by atoms with van der Waals surface area (Å²) in [7, 11) is 1.35. The Morgan fingerprint density at radius 3 is 2.47 bits per heavy atom. The van der Waals surface area contributed by atoms with Gasteiger partial charge in [0.15, 0.2) is 9.75 Å². The topological polar surface area (TPSA) is 95.0 Å². The molecule has 6 atom stereocenters. The predicted molar refractivity (Wildman–Crippen MR) is 116 cm³/mol. The van der Waals surface area contributed by atoms with Crippen LogP contribution in [0.1, 0.15) is 31.2 Å². The van der Waals surface area contributed by atoms with E-state index in [-0.39, 0.29) is 30.5 Å². The summed E-state index contributed by atoms with van der Waals surface area (Å²) in [5.74, 6) is -4.29. The number of hydrogen-bond acceptors (Lipinski definition) is 5. The molecule has 0 radical (unpaired) electrons. The van der Waals surface area contributed by atoms with E-state index in [0.29, 0.717) is 12.0 Å². The normalized spacial score (nSPS) is 38.6. The first kappa shape index (κ1) is 21.5. The molecule has 0 spiro atoms. The highest BCUT2D eigenvalue weighted by atomic mass is 35.5. The number of amides is 4. The zero-order valence-electron chi connectivity index (χ0n) is 17.5. The average Bonchev–Trinajstić information content (AvgIpc) is 3.08. The number of nitrogens with zero attached hydrogens (tertiary/aromatic N) is 2. The number of allylic oxidation sites excluding steroid dienone is 2. The zero-order chi connectivity index (χ0) is 23.2. The summed E-state index contributed by atoms with van der Waals surface area (Å²) in [6.07, 6.45) is 2.19. The molecule has 3 fully saturated rings. The number of carbonyl (C=O) groups is 4. The van der Waals surface area contributed by atoms with Crippen LogP contribution < -0.4 is 0 Å². The van der Waals surface area contributed by atoms with Crippen molar-refractivity contribution in [2.24, 2.45) is 17.8 Å². The maximum Gasteiger partial charge on any atom is 0.253 e. The molecular formula is C23H22Cl2N2O5. The van der Waals surface area contributed by atoms with E-state index in [4.69, 9.17) is 23.2 Å². The third-order valence-corrected chi connectivity index (χ3v) is 9.04. The fraction of sp³-hybridized carbons (Fsp3) is 0.478. The Kier molecular flexibility index (Phi) is 4.57. The second-order valence-electron chi connectivity index (χ2n) is 9.01. The van der Waals surface area contributed by atoms with Gasteiger partial charge in [0.25, 0.3) is 11.8 Å². The molecule has 7 nitrogen and oxygen atoms in total. The minimum atomic E-state index is -1.82. The van der Waals surface area contributed by atoms with Crippen molar-refractivity contribution in [2.75, 3.05) is 13.6 Å². The molecule has 168 valence electrons. The predicted octanol–water partition coefficient (Wildman–Crippen LogP) is 2.40. The number of imide groups is 2. The van der Waals surface area contributed by atoms with Crippen LogP contribution in [0, 0.1) is 17.8 Å². The van der Waals surface area contributed by atoms with E-state index in [9.17, 15) is 24.3 Å². The molecule has 1 N–H and O–H groups in total. The molecule has 1 aromatic rings. The molecule has 1 saturated carbocycles. The summed E-state index contributed by atoms with van der Waals surface area (Å²) in [5, 5.41) is 10.1. The summed E-state index contributed by atoms with van der Waals surface area (Å²) < 4.78 is 0. The van der Waals surface area contributed by atoms with Crippen molar-refractivity contribution in [3.8, 4) is 5.75 Å². The Labute approximate surface area is 194 Å². The number of alkyl halides is 2. The van der Waals surface area contributed by atoms with Gasteiger partial charge < -0.3 is 5.11 Å². The van der Waals surface area contributed by atoms with Gasteiger partial charge in [0, 0.05) is 19.5 Å². The van der Waals surface area contributed by atoms with E-state index >= 15 is 0 Å². The molecule has 5 rings (SSSR count). The number of fused-ring (bicyclic) bond motifs is 4. The molecule has 9 heteroatoms. The standard InChI is InChI=1S/C23H22Cl2N2O5/c1-3-27-18(29)14-8-7-13-15(16(14)19(27)30)10-22(24)20(31)26(2)21(32)23(22,25)17(13)11-5-4-6-12(28)9-11/h4-7,9,14-17,28H,3,8,10H2,1-2H3. The van der Waals surface area contributed by atoms with E-state index in [1.807, 2.05) is 6.08 Å². The van der Waals surface area contributed by atoms with Gasteiger partial charge in [0.1, 0.15) is 5.75 Å². The lowest BCUT2D eigenvalue weighted by Crippen LogP contribution is -2.60. The molecule has 0 aromatic heterocycles. The summed E-state index contributed by atoms with van der Waals surface area (Å²) >= 11 is 14.0. The van der Waals surface area contributed by atoms with E-state index < -0.39 is 45.2 Å². The number of phenolic OH excluding ortho intramolecular Hbond substituents is 1. The van der Waals surface area contributed by atoms with Crippen molar-refractivity contribution >= 4 is 46.8 Å². The second-order valence-corrected chi connectivity index (χ2v) is 10.3. The maximum absolute atomic E-state index is 13.3. The van der Waals surface area contributed by atoms with E-state index in [1.54, 1.807) is 19.1 Å². The van der Waals surface area contributed by atoms with Crippen molar-refractivity contribution < 1.29 is 24.3 Å². The average molecular weight is 477 g/mol. The molecule has 1 aromatic carbocycles. The Morgan fingerprint density at radius 1 is 1.09 bits per heavy atom. The number of halogens is 2. The number of rotatable bonds is 2. The molecule has 4 amide bonds. The molecule has 6 unspecified atom stereocenters. The highest BCUT2D eigenvalue weighted by molar-refractivity contribution is 6.53. The molecule has 32 heavy (non-hydrogen) atoms. The minimum Gasteiger partial charge on any atom is -0.508 e. The first-order valence-electron chi connectivity index (χ1n) is 10.6. The van der Waals surface area contributed by atoms with Gasteiger partial charge in [-0.15, -0.1) is 23.2 Å². The van der Waals surface area contributed by atoms with Crippen LogP contribution in [-0.2, 0) is 19.2 Å². The van der Waals surface area contributed by atoms with Gasteiger partial charge in [-0.1, -0.05) is 23.8 Å². The highest BCUT2D eigenvalue weighted by Gasteiger charge is 2.75. The van der Waals surface area contributed by atoms with E-state index in [0.717, 1.165) is 10.5 Å². The number of carbonyl (C=O) groups excluding carboxylic acids is 4. The SMILES string of the molecule is CCN1C(=O)C2CC=C3C(CC4(Cl)C(=O)N(C)C(=O)C4(Cl)C3c3cccc(O)c3)C2C1=O.